The Kier molecular flexibility index (Phi) is 12.8. The average molecular weight is 756 g/mol. The number of fused-ring (bicyclic) bond motifs is 1. The molecule has 2 amide bonds. The number of aromatic nitrogens is 1. The Morgan fingerprint density at radius 1 is 0.943 bits per heavy atom. The lowest BCUT2D eigenvalue weighted by atomic mass is 9.95. The summed E-state index contributed by atoms with van der Waals surface area (Å²) < 4.78 is 77.2. The van der Waals surface area contributed by atoms with Crippen LogP contribution in [-0.4, -0.2) is 112 Å². The van der Waals surface area contributed by atoms with Crippen molar-refractivity contribution in [2.45, 2.75) is 64.3 Å². The Balaban J connectivity index is 0.000000815. The molecule has 3 aromatic rings. The van der Waals surface area contributed by atoms with Gasteiger partial charge in [-0.15, -0.1) is 13.2 Å². The van der Waals surface area contributed by atoms with E-state index < -0.39 is 30.1 Å². The van der Waals surface area contributed by atoms with Gasteiger partial charge in [-0.25, -0.2) is 9.59 Å². The minimum absolute atomic E-state index is 0.179. The molecule has 0 bridgehead atoms. The number of carbonyl (C=O) groups excluding carboxylic acids is 1. The van der Waals surface area contributed by atoms with Crippen molar-refractivity contribution in [1.82, 2.24) is 24.6 Å². The summed E-state index contributed by atoms with van der Waals surface area (Å²) in [7, 11) is 2.12. The van der Waals surface area contributed by atoms with Gasteiger partial charge in [-0.05, 0) is 69.5 Å². The SMILES string of the molecule is CN1CCN(Cc2ccc(-c3c(-c4cccc(OC(F)(F)F)c4)cn4c3C(=O)NC[C@@H]4CCCN(C(=O)O)C(C)(C)C)cc2)CC1.O=C(O)C(F)(F)F. The first-order valence-corrected chi connectivity index (χ1v) is 16.8. The number of piperazine rings is 1. The summed E-state index contributed by atoms with van der Waals surface area (Å²) in [5.74, 6) is -3.38. The second-order valence-electron chi connectivity index (χ2n) is 13.9. The fourth-order valence-corrected chi connectivity index (χ4v) is 6.29. The largest absolute Gasteiger partial charge is 0.573 e. The maximum atomic E-state index is 13.5. The van der Waals surface area contributed by atoms with Gasteiger partial charge in [-0.3, -0.25) is 9.69 Å². The van der Waals surface area contributed by atoms with Gasteiger partial charge in [0.25, 0.3) is 5.91 Å². The first-order valence-electron chi connectivity index (χ1n) is 16.8. The third-order valence-corrected chi connectivity index (χ3v) is 8.96. The molecule has 290 valence electrons. The van der Waals surface area contributed by atoms with E-state index in [4.69, 9.17) is 9.90 Å². The van der Waals surface area contributed by atoms with Crippen molar-refractivity contribution in [2.75, 3.05) is 46.3 Å². The molecule has 0 spiro atoms. The van der Waals surface area contributed by atoms with Crippen molar-refractivity contribution in [3.63, 3.8) is 0 Å². The number of alkyl halides is 6. The predicted molar refractivity (Wildman–Crippen MR) is 184 cm³/mol. The Morgan fingerprint density at radius 2 is 1.57 bits per heavy atom. The molecule has 1 atom stereocenters. The van der Waals surface area contributed by atoms with Gasteiger partial charge in [0.1, 0.15) is 11.4 Å². The number of benzene rings is 2. The number of hydrogen-bond donors (Lipinski definition) is 3. The van der Waals surface area contributed by atoms with Crippen LogP contribution >= 0.6 is 0 Å². The van der Waals surface area contributed by atoms with Gasteiger partial charge in [-0.1, -0.05) is 36.4 Å². The summed E-state index contributed by atoms with van der Waals surface area (Å²) in [5, 5.41) is 19.8. The number of ether oxygens (including phenoxy) is 1. The van der Waals surface area contributed by atoms with E-state index in [9.17, 15) is 41.0 Å². The molecule has 1 fully saturated rings. The summed E-state index contributed by atoms with van der Waals surface area (Å²) in [4.78, 5) is 40.4. The van der Waals surface area contributed by atoms with Crippen LogP contribution in [0.3, 0.4) is 0 Å². The zero-order valence-corrected chi connectivity index (χ0v) is 29.7. The Hall–Kier alpha value is -4.77. The molecule has 3 heterocycles. The van der Waals surface area contributed by atoms with Crippen LogP contribution in [0.1, 0.15) is 55.7 Å². The molecular formula is C36H43F6N5O6. The number of amides is 2. The van der Waals surface area contributed by atoms with E-state index in [-0.39, 0.29) is 17.7 Å². The van der Waals surface area contributed by atoms with E-state index in [1.807, 2.05) is 55.8 Å². The van der Waals surface area contributed by atoms with Crippen molar-refractivity contribution < 1.29 is 55.7 Å². The fourth-order valence-electron chi connectivity index (χ4n) is 6.29. The standard InChI is InChI=1S/C34H42F3N5O4.C2HF3O2/c1-33(2,3)42(32(44)45)14-6-8-26-20-38-31(43)30-29(24-12-10-23(11-13-24)21-40-17-15-39(4)16-18-40)28(22-41(26)30)25-7-5-9-27(19-25)46-34(35,36)37;3-2(4,5)1(6)7/h5,7,9-13,19,22,26H,6,8,14-18,20-21H2,1-4H3,(H,38,43)(H,44,45);(H,6,7)/t26-;/m0./s1. The minimum Gasteiger partial charge on any atom is -0.475 e. The van der Waals surface area contributed by atoms with Crippen LogP contribution in [0, 0.1) is 0 Å². The Labute approximate surface area is 302 Å². The van der Waals surface area contributed by atoms with Gasteiger partial charge >= 0.3 is 24.6 Å². The van der Waals surface area contributed by atoms with Crippen molar-refractivity contribution in [3.8, 4) is 28.0 Å². The summed E-state index contributed by atoms with van der Waals surface area (Å²) in [6.07, 6.45) is -7.95. The number of nitrogens with zero attached hydrogens (tertiary/aromatic N) is 4. The lowest BCUT2D eigenvalue weighted by Gasteiger charge is -2.34. The van der Waals surface area contributed by atoms with Crippen molar-refractivity contribution in [2.24, 2.45) is 0 Å². The number of carboxylic acids is 1. The maximum absolute atomic E-state index is 13.5. The molecule has 0 unspecified atom stereocenters. The summed E-state index contributed by atoms with van der Waals surface area (Å²) in [6.45, 7) is 11.0. The van der Waals surface area contributed by atoms with Crippen LogP contribution in [0.15, 0.2) is 54.7 Å². The van der Waals surface area contributed by atoms with Crippen LogP contribution in [-0.2, 0) is 11.3 Å². The Bertz CT molecular complexity index is 1740. The zero-order valence-electron chi connectivity index (χ0n) is 29.7. The molecule has 1 saturated heterocycles. The number of likely N-dealkylation sites (N-methyl/N-ethyl adjacent to an activating group) is 1. The van der Waals surface area contributed by atoms with E-state index in [1.54, 1.807) is 6.07 Å². The molecule has 2 aliphatic heterocycles. The number of hydrogen-bond acceptors (Lipinski definition) is 6. The van der Waals surface area contributed by atoms with E-state index in [0.29, 0.717) is 48.3 Å². The molecule has 0 saturated carbocycles. The van der Waals surface area contributed by atoms with Crippen LogP contribution in [0.5, 0.6) is 5.75 Å². The number of aliphatic carboxylic acids is 1. The fraction of sp³-hybridized carbons (Fsp3) is 0.472. The number of carbonyl (C=O) groups is 3. The van der Waals surface area contributed by atoms with E-state index in [1.165, 1.54) is 23.1 Å². The monoisotopic (exact) mass is 755 g/mol. The van der Waals surface area contributed by atoms with Gasteiger partial charge in [0.2, 0.25) is 0 Å². The van der Waals surface area contributed by atoms with Crippen molar-refractivity contribution in [3.05, 3.63) is 66.0 Å². The summed E-state index contributed by atoms with van der Waals surface area (Å²) in [5.41, 5.74) is 3.48. The maximum Gasteiger partial charge on any atom is 0.573 e. The van der Waals surface area contributed by atoms with Crippen molar-refractivity contribution in [1.29, 1.82) is 0 Å². The highest BCUT2D eigenvalue weighted by molar-refractivity contribution is 6.05. The molecular weight excluding hydrogens is 712 g/mol. The van der Waals surface area contributed by atoms with E-state index in [2.05, 4.69) is 26.9 Å². The number of rotatable bonds is 9. The normalized spacial score (nSPS) is 16.9. The highest BCUT2D eigenvalue weighted by Gasteiger charge is 2.38. The second kappa shape index (κ2) is 16.5. The lowest BCUT2D eigenvalue weighted by molar-refractivity contribution is -0.274. The van der Waals surface area contributed by atoms with Crippen LogP contribution in [0.2, 0.25) is 0 Å². The Morgan fingerprint density at radius 3 is 2.11 bits per heavy atom. The van der Waals surface area contributed by atoms with Gasteiger partial charge in [0.15, 0.2) is 0 Å². The van der Waals surface area contributed by atoms with E-state index in [0.717, 1.165) is 43.9 Å². The zero-order chi connectivity index (χ0) is 39.3. The molecule has 1 aromatic heterocycles. The van der Waals surface area contributed by atoms with Crippen LogP contribution in [0.25, 0.3) is 22.3 Å². The topological polar surface area (TPSA) is 128 Å². The van der Waals surface area contributed by atoms with Crippen LogP contribution in [0.4, 0.5) is 31.1 Å². The lowest BCUT2D eigenvalue weighted by Crippen LogP contribution is -2.45. The number of nitrogens with one attached hydrogen (secondary N) is 1. The third-order valence-electron chi connectivity index (χ3n) is 8.96. The van der Waals surface area contributed by atoms with E-state index >= 15 is 0 Å². The number of halogens is 6. The first kappa shape index (κ1) is 41.0. The molecule has 2 aromatic carbocycles. The van der Waals surface area contributed by atoms with Crippen LogP contribution < -0.4 is 10.1 Å². The smallest absolute Gasteiger partial charge is 0.475 e. The van der Waals surface area contributed by atoms with Gasteiger partial charge < -0.3 is 34.6 Å². The highest BCUT2D eigenvalue weighted by atomic mass is 19.4. The first-order chi connectivity index (χ1) is 24.6. The highest BCUT2D eigenvalue weighted by Crippen LogP contribution is 2.41. The molecule has 5 rings (SSSR count). The summed E-state index contributed by atoms with van der Waals surface area (Å²) in [6, 6.07) is 13.6. The molecule has 0 aliphatic carbocycles. The molecule has 53 heavy (non-hydrogen) atoms. The minimum atomic E-state index is -5.08. The quantitative estimate of drug-likeness (QED) is 0.201. The third kappa shape index (κ3) is 11.1. The van der Waals surface area contributed by atoms with Gasteiger partial charge in [0.05, 0.1) is 6.04 Å². The van der Waals surface area contributed by atoms with Crippen molar-refractivity contribution >= 4 is 18.0 Å². The van der Waals surface area contributed by atoms with Gasteiger partial charge in [-0.2, -0.15) is 13.2 Å². The predicted octanol–water partition coefficient (Wildman–Crippen LogP) is 6.94. The molecule has 0 radical (unpaired) electrons. The molecule has 3 N–H and O–H groups in total. The average Bonchev–Trinajstić information content (AvgIpc) is 3.46. The summed E-state index contributed by atoms with van der Waals surface area (Å²) >= 11 is 0. The van der Waals surface area contributed by atoms with Gasteiger partial charge in [0, 0.05) is 68.7 Å². The molecule has 2 aliphatic rings. The molecule has 11 nitrogen and oxygen atoms in total. The second-order valence-corrected chi connectivity index (χ2v) is 13.9. The molecule has 17 heteroatoms. The number of carboxylic acid groups (broad SMARTS) is 2.